The van der Waals surface area contributed by atoms with Crippen LogP contribution in [0.2, 0.25) is 0 Å². The van der Waals surface area contributed by atoms with E-state index in [9.17, 15) is 0 Å². The first-order valence-corrected chi connectivity index (χ1v) is 6.81. The van der Waals surface area contributed by atoms with Crippen LogP contribution in [0.5, 0.6) is 0 Å². The second-order valence-electron chi connectivity index (χ2n) is 4.27. The van der Waals surface area contributed by atoms with Gasteiger partial charge in [-0.3, -0.25) is 0 Å². The molecule has 0 aliphatic heterocycles. The SMILES string of the molecule is Cc1ccc(CNc2ncnc3ncc(Br)cc23)nn1. The summed E-state index contributed by atoms with van der Waals surface area (Å²) in [6, 6.07) is 5.80. The zero-order valence-corrected chi connectivity index (χ0v) is 12.3. The van der Waals surface area contributed by atoms with E-state index in [-0.39, 0.29) is 0 Å². The van der Waals surface area contributed by atoms with Gasteiger partial charge in [-0.1, -0.05) is 0 Å². The van der Waals surface area contributed by atoms with Gasteiger partial charge in [0.25, 0.3) is 0 Å². The Bertz CT molecular complexity index is 743. The van der Waals surface area contributed by atoms with E-state index < -0.39 is 0 Å². The van der Waals surface area contributed by atoms with Gasteiger partial charge in [0.05, 0.1) is 23.3 Å². The quantitative estimate of drug-likeness (QED) is 0.795. The Morgan fingerprint density at radius 1 is 1.15 bits per heavy atom. The predicted molar refractivity (Wildman–Crippen MR) is 79.1 cm³/mol. The standard InChI is InChI=1S/C13H11BrN6/c1-8-2-3-10(20-19-8)6-16-13-11-4-9(14)5-15-12(11)17-7-18-13/h2-5,7H,6H2,1H3,(H,15,16,17,18). The van der Waals surface area contributed by atoms with Crippen molar-refractivity contribution in [1.29, 1.82) is 0 Å². The maximum absolute atomic E-state index is 4.25. The maximum atomic E-state index is 4.25. The lowest BCUT2D eigenvalue weighted by atomic mass is 10.3. The fourth-order valence-electron chi connectivity index (χ4n) is 1.76. The summed E-state index contributed by atoms with van der Waals surface area (Å²) in [5, 5.41) is 12.2. The van der Waals surface area contributed by atoms with Crippen LogP contribution in [-0.4, -0.2) is 25.1 Å². The second-order valence-corrected chi connectivity index (χ2v) is 5.18. The molecule has 0 bridgehead atoms. The zero-order valence-electron chi connectivity index (χ0n) is 10.7. The van der Waals surface area contributed by atoms with Crippen LogP contribution in [0, 0.1) is 6.92 Å². The first-order valence-electron chi connectivity index (χ1n) is 6.02. The van der Waals surface area contributed by atoms with Gasteiger partial charge in [0, 0.05) is 10.7 Å². The van der Waals surface area contributed by atoms with Crippen molar-refractivity contribution >= 4 is 32.8 Å². The number of rotatable bonds is 3. The Balaban J connectivity index is 1.87. The van der Waals surface area contributed by atoms with E-state index in [0.717, 1.165) is 27.1 Å². The average molecular weight is 331 g/mol. The minimum absolute atomic E-state index is 0.548. The van der Waals surface area contributed by atoms with Gasteiger partial charge in [-0.15, -0.1) is 0 Å². The summed E-state index contributed by atoms with van der Waals surface area (Å²) < 4.78 is 0.887. The van der Waals surface area contributed by atoms with Gasteiger partial charge in [-0.2, -0.15) is 10.2 Å². The summed E-state index contributed by atoms with van der Waals surface area (Å²) >= 11 is 3.40. The molecule has 7 heteroatoms. The monoisotopic (exact) mass is 330 g/mol. The molecule has 0 amide bonds. The van der Waals surface area contributed by atoms with Crippen molar-refractivity contribution < 1.29 is 0 Å². The Morgan fingerprint density at radius 2 is 2.05 bits per heavy atom. The minimum atomic E-state index is 0.548. The Morgan fingerprint density at radius 3 is 2.85 bits per heavy atom. The first kappa shape index (κ1) is 12.9. The molecule has 3 heterocycles. The number of fused-ring (bicyclic) bond motifs is 1. The van der Waals surface area contributed by atoms with Crippen molar-refractivity contribution in [1.82, 2.24) is 25.1 Å². The van der Waals surface area contributed by atoms with Gasteiger partial charge < -0.3 is 5.32 Å². The summed E-state index contributed by atoms with van der Waals surface area (Å²) in [4.78, 5) is 12.6. The molecule has 0 saturated heterocycles. The molecule has 0 radical (unpaired) electrons. The molecule has 20 heavy (non-hydrogen) atoms. The van der Waals surface area contributed by atoms with E-state index in [2.05, 4.69) is 46.4 Å². The van der Waals surface area contributed by atoms with Crippen LogP contribution in [0.1, 0.15) is 11.4 Å². The number of anilines is 1. The molecule has 3 rings (SSSR count). The lowest BCUT2D eigenvalue weighted by molar-refractivity contribution is 0.895. The molecule has 3 aromatic heterocycles. The van der Waals surface area contributed by atoms with Gasteiger partial charge in [-0.05, 0) is 41.1 Å². The number of nitrogens with one attached hydrogen (secondary N) is 1. The van der Waals surface area contributed by atoms with Crippen molar-refractivity contribution in [2.45, 2.75) is 13.5 Å². The highest BCUT2D eigenvalue weighted by atomic mass is 79.9. The van der Waals surface area contributed by atoms with Crippen LogP contribution in [0.4, 0.5) is 5.82 Å². The molecule has 0 aliphatic rings. The van der Waals surface area contributed by atoms with E-state index in [1.807, 2.05) is 25.1 Å². The fourth-order valence-corrected chi connectivity index (χ4v) is 2.09. The fraction of sp³-hybridized carbons (Fsp3) is 0.154. The van der Waals surface area contributed by atoms with Crippen molar-refractivity contribution in [3.63, 3.8) is 0 Å². The zero-order chi connectivity index (χ0) is 13.9. The van der Waals surface area contributed by atoms with Gasteiger partial charge in [0.1, 0.15) is 12.1 Å². The molecule has 1 N–H and O–H groups in total. The lowest BCUT2D eigenvalue weighted by Gasteiger charge is -2.07. The molecule has 0 aliphatic carbocycles. The molecular weight excluding hydrogens is 320 g/mol. The van der Waals surface area contributed by atoms with Crippen LogP contribution in [0.3, 0.4) is 0 Å². The largest absolute Gasteiger partial charge is 0.364 e. The van der Waals surface area contributed by atoms with Gasteiger partial charge in [0.15, 0.2) is 5.65 Å². The van der Waals surface area contributed by atoms with Crippen LogP contribution < -0.4 is 5.32 Å². The van der Waals surface area contributed by atoms with Crippen LogP contribution in [0.15, 0.2) is 35.2 Å². The van der Waals surface area contributed by atoms with Crippen LogP contribution >= 0.6 is 15.9 Å². The van der Waals surface area contributed by atoms with Crippen LogP contribution in [-0.2, 0) is 6.54 Å². The molecule has 0 saturated carbocycles. The molecule has 100 valence electrons. The first-order chi connectivity index (χ1) is 9.72. The van der Waals surface area contributed by atoms with Gasteiger partial charge in [-0.25, -0.2) is 15.0 Å². The number of halogens is 1. The van der Waals surface area contributed by atoms with E-state index in [1.54, 1.807) is 6.20 Å². The van der Waals surface area contributed by atoms with E-state index in [1.165, 1.54) is 6.33 Å². The molecule has 0 unspecified atom stereocenters. The number of aryl methyl sites for hydroxylation is 1. The molecule has 0 fully saturated rings. The highest BCUT2D eigenvalue weighted by molar-refractivity contribution is 9.10. The van der Waals surface area contributed by atoms with Crippen LogP contribution in [0.25, 0.3) is 11.0 Å². The van der Waals surface area contributed by atoms with E-state index >= 15 is 0 Å². The van der Waals surface area contributed by atoms with Crippen molar-refractivity contribution in [2.75, 3.05) is 5.32 Å². The summed E-state index contributed by atoms with van der Waals surface area (Å²) in [6.45, 7) is 2.46. The lowest BCUT2D eigenvalue weighted by Crippen LogP contribution is -2.05. The number of aromatic nitrogens is 5. The van der Waals surface area contributed by atoms with E-state index in [4.69, 9.17) is 0 Å². The van der Waals surface area contributed by atoms with Crippen molar-refractivity contribution in [3.05, 3.63) is 46.6 Å². The third-order valence-electron chi connectivity index (χ3n) is 2.75. The highest BCUT2D eigenvalue weighted by Gasteiger charge is 2.05. The summed E-state index contributed by atoms with van der Waals surface area (Å²) in [5.74, 6) is 0.728. The minimum Gasteiger partial charge on any atom is -0.364 e. The smallest absolute Gasteiger partial charge is 0.164 e. The summed E-state index contributed by atoms with van der Waals surface area (Å²) in [6.07, 6.45) is 3.21. The number of hydrogen-bond donors (Lipinski definition) is 1. The topological polar surface area (TPSA) is 76.5 Å². The average Bonchev–Trinajstić information content (AvgIpc) is 2.47. The summed E-state index contributed by atoms with van der Waals surface area (Å²) in [5.41, 5.74) is 2.40. The molecule has 0 aromatic carbocycles. The number of hydrogen-bond acceptors (Lipinski definition) is 6. The molecule has 6 nitrogen and oxygen atoms in total. The van der Waals surface area contributed by atoms with E-state index in [0.29, 0.717) is 12.2 Å². The molecule has 0 spiro atoms. The maximum Gasteiger partial charge on any atom is 0.164 e. The summed E-state index contributed by atoms with van der Waals surface area (Å²) in [7, 11) is 0. The highest BCUT2D eigenvalue weighted by Crippen LogP contribution is 2.21. The molecular formula is C13H11BrN6. The molecule has 0 atom stereocenters. The van der Waals surface area contributed by atoms with Gasteiger partial charge in [0.2, 0.25) is 0 Å². The number of pyridine rings is 1. The number of nitrogens with zero attached hydrogens (tertiary/aromatic N) is 5. The Hall–Kier alpha value is -2.15. The third-order valence-corrected chi connectivity index (χ3v) is 3.18. The second kappa shape index (κ2) is 5.46. The Labute approximate surface area is 123 Å². The molecule has 3 aromatic rings. The third kappa shape index (κ3) is 2.72. The van der Waals surface area contributed by atoms with Crippen molar-refractivity contribution in [3.8, 4) is 0 Å². The van der Waals surface area contributed by atoms with Gasteiger partial charge >= 0.3 is 0 Å². The predicted octanol–water partition coefficient (Wildman–Crippen LogP) is 2.50. The Kier molecular flexibility index (Phi) is 3.51. The van der Waals surface area contributed by atoms with Crippen molar-refractivity contribution in [2.24, 2.45) is 0 Å². The normalized spacial score (nSPS) is 10.7.